The fraction of sp³-hybridized carbons (Fsp3) is 0.400. The Morgan fingerprint density at radius 3 is 2.81 bits per heavy atom. The number of halogens is 1. The third kappa shape index (κ3) is 3.25. The van der Waals surface area contributed by atoms with Crippen LogP contribution in [0, 0.1) is 15.9 Å². The molecule has 0 spiro atoms. The average molecular weight is 229 g/mol. The molecule has 0 aliphatic heterocycles. The minimum atomic E-state index is -0.843. The van der Waals surface area contributed by atoms with E-state index in [9.17, 15) is 14.5 Å². The van der Waals surface area contributed by atoms with Crippen molar-refractivity contribution in [1.82, 2.24) is 0 Å². The lowest BCUT2D eigenvalue weighted by atomic mass is 10.2. The van der Waals surface area contributed by atoms with Gasteiger partial charge in [-0.15, -0.1) is 0 Å². The number of methoxy groups -OCH3 is 1. The van der Waals surface area contributed by atoms with E-state index in [1.807, 2.05) is 0 Å². The minimum Gasteiger partial charge on any atom is -0.382 e. The topological polar surface area (TPSA) is 61.6 Å². The highest BCUT2D eigenvalue weighted by molar-refractivity contribution is 5.36. The molecule has 0 atom stereocenters. The van der Waals surface area contributed by atoms with Crippen LogP contribution >= 0.6 is 0 Å². The maximum Gasteiger partial charge on any atom is 0.305 e. The third-order valence-corrected chi connectivity index (χ3v) is 1.94. The van der Waals surface area contributed by atoms with Gasteiger partial charge in [0.25, 0.3) is 0 Å². The van der Waals surface area contributed by atoms with Gasteiger partial charge in [0.2, 0.25) is 5.82 Å². The van der Waals surface area contributed by atoms with E-state index in [-0.39, 0.29) is 12.2 Å². The third-order valence-electron chi connectivity index (χ3n) is 1.94. The average Bonchev–Trinajstić information content (AvgIpc) is 2.26. The molecule has 88 valence electrons. The largest absolute Gasteiger partial charge is 0.382 e. The second kappa shape index (κ2) is 6.14. The summed E-state index contributed by atoms with van der Waals surface area (Å²) in [5.41, 5.74) is -0.363. The van der Waals surface area contributed by atoms with E-state index in [1.165, 1.54) is 19.2 Å². The number of hydrogen-bond donors (Lipinski definition) is 0. The molecule has 0 saturated heterocycles. The molecule has 1 aromatic carbocycles. The molecule has 0 aromatic heterocycles. The zero-order chi connectivity index (χ0) is 12.0. The fourth-order valence-corrected chi connectivity index (χ4v) is 1.14. The van der Waals surface area contributed by atoms with Gasteiger partial charge in [0, 0.05) is 18.7 Å². The van der Waals surface area contributed by atoms with E-state index in [2.05, 4.69) is 0 Å². The molecule has 0 aliphatic rings. The van der Waals surface area contributed by atoms with Gasteiger partial charge in [-0.05, 0) is 0 Å². The lowest BCUT2D eigenvalue weighted by molar-refractivity contribution is -0.387. The smallest absolute Gasteiger partial charge is 0.305 e. The summed E-state index contributed by atoms with van der Waals surface area (Å²) in [5.74, 6) is -0.843. The molecule has 0 heterocycles. The lowest BCUT2D eigenvalue weighted by Crippen LogP contribution is -2.04. The van der Waals surface area contributed by atoms with Crippen molar-refractivity contribution in [3.05, 3.63) is 39.7 Å². The fourth-order valence-electron chi connectivity index (χ4n) is 1.14. The van der Waals surface area contributed by atoms with E-state index >= 15 is 0 Å². The summed E-state index contributed by atoms with van der Waals surface area (Å²) in [6.45, 7) is 0.714. The number of rotatable bonds is 6. The highest BCUT2D eigenvalue weighted by Crippen LogP contribution is 2.20. The first-order valence-electron chi connectivity index (χ1n) is 4.65. The van der Waals surface area contributed by atoms with Crippen LogP contribution in [0.25, 0.3) is 0 Å². The minimum absolute atomic E-state index is 0.00310. The molecule has 0 bridgehead atoms. The van der Waals surface area contributed by atoms with Crippen LogP contribution in [0.15, 0.2) is 18.2 Å². The molecule has 6 heteroatoms. The predicted octanol–water partition coefficient (Wildman–Crippen LogP) is 1.90. The van der Waals surface area contributed by atoms with Gasteiger partial charge in [0.1, 0.15) is 0 Å². The molecule has 0 amide bonds. The lowest BCUT2D eigenvalue weighted by Gasteiger charge is -2.04. The zero-order valence-corrected chi connectivity index (χ0v) is 8.81. The van der Waals surface area contributed by atoms with Crippen LogP contribution in [0.2, 0.25) is 0 Å². The molecule has 0 radical (unpaired) electrons. The molecule has 1 aromatic rings. The van der Waals surface area contributed by atoms with Gasteiger partial charge in [-0.25, -0.2) is 0 Å². The summed E-state index contributed by atoms with van der Waals surface area (Å²) in [7, 11) is 1.53. The Morgan fingerprint density at radius 1 is 1.44 bits per heavy atom. The van der Waals surface area contributed by atoms with E-state index in [1.54, 1.807) is 0 Å². The van der Waals surface area contributed by atoms with E-state index in [0.29, 0.717) is 13.2 Å². The van der Waals surface area contributed by atoms with Crippen LogP contribution in [0.4, 0.5) is 10.1 Å². The summed E-state index contributed by atoms with van der Waals surface area (Å²) in [5, 5.41) is 10.5. The first-order valence-corrected chi connectivity index (χ1v) is 4.65. The number of nitrogens with zero attached hydrogens (tertiary/aromatic N) is 1. The van der Waals surface area contributed by atoms with Gasteiger partial charge < -0.3 is 9.47 Å². The van der Waals surface area contributed by atoms with Crippen molar-refractivity contribution in [2.75, 3.05) is 20.3 Å². The Hall–Kier alpha value is -1.53. The number of benzene rings is 1. The van der Waals surface area contributed by atoms with Crippen LogP contribution in [-0.2, 0) is 16.1 Å². The molecular formula is C10H12FNO4. The van der Waals surface area contributed by atoms with Crippen molar-refractivity contribution in [3.8, 4) is 0 Å². The van der Waals surface area contributed by atoms with Crippen molar-refractivity contribution in [2.45, 2.75) is 6.61 Å². The predicted molar refractivity (Wildman–Crippen MR) is 54.6 cm³/mol. The molecule has 5 nitrogen and oxygen atoms in total. The van der Waals surface area contributed by atoms with Gasteiger partial charge in [0.05, 0.1) is 24.7 Å². The quantitative estimate of drug-likeness (QED) is 0.424. The van der Waals surface area contributed by atoms with E-state index < -0.39 is 16.4 Å². The van der Waals surface area contributed by atoms with Gasteiger partial charge in [-0.3, -0.25) is 10.1 Å². The monoisotopic (exact) mass is 229 g/mol. The number of ether oxygens (including phenoxy) is 2. The second-order valence-electron chi connectivity index (χ2n) is 3.05. The van der Waals surface area contributed by atoms with Crippen molar-refractivity contribution in [2.24, 2.45) is 0 Å². The summed E-state index contributed by atoms with van der Waals surface area (Å²) < 4.78 is 23.3. The Labute approximate surface area is 91.9 Å². The molecule has 1 rings (SSSR count). The highest BCUT2D eigenvalue weighted by Gasteiger charge is 2.16. The standard InChI is InChI=1S/C10H12FNO4/c1-15-5-6-16-7-8-3-2-4-9(10(8)11)12(13)14/h2-4H,5-7H2,1H3. The Balaban J connectivity index is 2.66. The van der Waals surface area contributed by atoms with Crippen LogP contribution in [0.3, 0.4) is 0 Å². The maximum absolute atomic E-state index is 13.5. The Morgan fingerprint density at radius 2 is 2.19 bits per heavy atom. The zero-order valence-electron chi connectivity index (χ0n) is 8.81. The number of nitro groups is 1. The van der Waals surface area contributed by atoms with E-state index in [0.717, 1.165) is 6.07 Å². The van der Waals surface area contributed by atoms with E-state index in [4.69, 9.17) is 9.47 Å². The molecule has 16 heavy (non-hydrogen) atoms. The van der Waals surface area contributed by atoms with Crippen LogP contribution in [0.1, 0.15) is 5.56 Å². The van der Waals surface area contributed by atoms with Crippen LogP contribution in [-0.4, -0.2) is 25.2 Å². The second-order valence-corrected chi connectivity index (χ2v) is 3.05. The van der Waals surface area contributed by atoms with Gasteiger partial charge in [-0.2, -0.15) is 4.39 Å². The number of hydrogen-bond acceptors (Lipinski definition) is 4. The van der Waals surface area contributed by atoms with Crippen LogP contribution < -0.4 is 0 Å². The summed E-state index contributed by atoms with van der Waals surface area (Å²) in [6.07, 6.45) is 0. The molecule has 0 fully saturated rings. The normalized spacial score (nSPS) is 10.4. The Kier molecular flexibility index (Phi) is 4.81. The molecule has 0 N–H and O–H groups in total. The maximum atomic E-state index is 13.5. The van der Waals surface area contributed by atoms with Crippen molar-refractivity contribution >= 4 is 5.69 Å². The van der Waals surface area contributed by atoms with Gasteiger partial charge in [-0.1, -0.05) is 12.1 Å². The molecule has 0 unspecified atom stereocenters. The van der Waals surface area contributed by atoms with Crippen molar-refractivity contribution in [3.63, 3.8) is 0 Å². The molecule has 0 aliphatic carbocycles. The number of nitro benzene ring substituents is 1. The van der Waals surface area contributed by atoms with Crippen LogP contribution in [0.5, 0.6) is 0 Å². The van der Waals surface area contributed by atoms with Crippen molar-refractivity contribution in [1.29, 1.82) is 0 Å². The summed E-state index contributed by atoms with van der Waals surface area (Å²) >= 11 is 0. The Bertz CT molecular complexity index is 370. The van der Waals surface area contributed by atoms with Gasteiger partial charge >= 0.3 is 5.69 Å². The SMILES string of the molecule is COCCOCc1cccc([N+](=O)[O-])c1F. The summed E-state index contributed by atoms with van der Waals surface area (Å²) in [6, 6.07) is 4.00. The first-order chi connectivity index (χ1) is 7.66. The molecular weight excluding hydrogens is 217 g/mol. The molecule has 0 saturated carbocycles. The van der Waals surface area contributed by atoms with Crippen molar-refractivity contribution < 1.29 is 18.8 Å². The highest BCUT2D eigenvalue weighted by atomic mass is 19.1. The summed E-state index contributed by atoms with van der Waals surface area (Å²) in [4.78, 5) is 9.70. The first kappa shape index (κ1) is 12.5. The van der Waals surface area contributed by atoms with Gasteiger partial charge in [0.15, 0.2) is 0 Å².